The number of rotatable bonds is 6. The molecule has 0 radical (unpaired) electrons. The predicted octanol–water partition coefficient (Wildman–Crippen LogP) is 1.65. The average molecular weight is 260 g/mol. The zero-order valence-corrected chi connectivity index (χ0v) is 10.2. The van der Waals surface area contributed by atoms with Gasteiger partial charge in [0.1, 0.15) is 12.4 Å². The number of methoxy groups -OCH3 is 1. The minimum absolute atomic E-state index is 0.0627. The Morgan fingerprint density at radius 2 is 2.24 bits per heavy atom. The standard InChI is InChI=1S/C11H14ClNO4/c1-16-4-5-17-7-11(15)13-8-2-3-9(12)10(14)6-8/h2-3,6,14H,4-5,7H2,1H3,(H,13,15). The lowest BCUT2D eigenvalue weighted by Gasteiger charge is -2.07. The van der Waals surface area contributed by atoms with Crippen LogP contribution in [-0.4, -0.2) is 37.9 Å². The topological polar surface area (TPSA) is 67.8 Å². The number of hydrogen-bond acceptors (Lipinski definition) is 4. The van der Waals surface area contributed by atoms with E-state index in [1.807, 2.05) is 0 Å². The first-order valence-corrected chi connectivity index (χ1v) is 5.36. The third-order valence-electron chi connectivity index (χ3n) is 1.89. The van der Waals surface area contributed by atoms with Crippen molar-refractivity contribution in [3.05, 3.63) is 23.2 Å². The Bertz CT molecular complexity index is 384. The summed E-state index contributed by atoms with van der Waals surface area (Å²) in [6, 6.07) is 4.46. The van der Waals surface area contributed by atoms with Gasteiger partial charge in [-0.25, -0.2) is 0 Å². The number of amides is 1. The highest BCUT2D eigenvalue weighted by Crippen LogP contribution is 2.25. The van der Waals surface area contributed by atoms with Gasteiger partial charge >= 0.3 is 0 Å². The van der Waals surface area contributed by atoms with Crippen LogP contribution < -0.4 is 5.32 Å². The summed E-state index contributed by atoms with van der Waals surface area (Å²) in [6.07, 6.45) is 0. The third-order valence-corrected chi connectivity index (χ3v) is 2.21. The number of phenols is 1. The first-order chi connectivity index (χ1) is 8.13. The molecule has 0 aliphatic carbocycles. The highest BCUT2D eigenvalue weighted by Gasteiger charge is 2.04. The van der Waals surface area contributed by atoms with E-state index in [9.17, 15) is 9.90 Å². The largest absolute Gasteiger partial charge is 0.506 e. The summed E-state index contributed by atoms with van der Waals surface area (Å²) < 4.78 is 9.80. The number of hydrogen-bond donors (Lipinski definition) is 2. The van der Waals surface area contributed by atoms with Crippen LogP contribution in [0.5, 0.6) is 5.75 Å². The van der Waals surface area contributed by atoms with Crippen molar-refractivity contribution in [1.29, 1.82) is 0 Å². The van der Waals surface area contributed by atoms with Gasteiger partial charge in [0.05, 0.1) is 18.2 Å². The molecule has 2 N–H and O–H groups in total. The molecule has 0 unspecified atom stereocenters. The van der Waals surface area contributed by atoms with Crippen molar-refractivity contribution in [1.82, 2.24) is 0 Å². The molecular formula is C11H14ClNO4. The molecule has 0 aromatic heterocycles. The number of ether oxygens (including phenoxy) is 2. The molecule has 94 valence electrons. The van der Waals surface area contributed by atoms with Crippen molar-refractivity contribution in [3.8, 4) is 5.75 Å². The first kappa shape index (κ1) is 13.8. The quantitative estimate of drug-likeness (QED) is 0.763. The van der Waals surface area contributed by atoms with E-state index < -0.39 is 0 Å². The van der Waals surface area contributed by atoms with Crippen LogP contribution >= 0.6 is 11.6 Å². The van der Waals surface area contributed by atoms with Gasteiger partial charge in [-0.15, -0.1) is 0 Å². The molecule has 0 fully saturated rings. The Morgan fingerprint density at radius 3 is 2.88 bits per heavy atom. The number of nitrogens with one attached hydrogen (secondary N) is 1. The number of aromatic hydroxyl groups is 1. The van der Waals surface area contributed by atoms with Crippen LogP contribution in [0.1, 0.15) is 0 Å². The highest BCUT2D eigenvalue weighted by molar-refractivity contribution is 6.32. The molecule has 0 aliphatic heterocycles. The minimum Gasteiger partial charge on any atom is -0.506 e. The normalized spacial score (nSPS) is 10.2. The monoisotopic (exact) mass is 259 g/mol. The van der Waals surface area contributed by atoms with Crippen molar-refractivity contribution >= 4 is 23.2 Å². The van der Waals surface area contributed by atoms with E-state index in [2.05, 4.69) is 5.32 Å². The Morgan fingerprint density at radius 1 is 1.47 bits per heavy atom. The van der Waals surface area contributed by atoms with Crippen LogP contribution in [0.3, 0.4) is 0 Å². The zero-order valence-electron chi connectivity index (χ0n) is 9.40. The first-order valence-electron chi connectivity index (χ1n) is 4.98. The SMILES string of the molecule is COCCOCC(=O)Nc1ccc(Cl)c(O)c1. The van der Waals surface area contributed by atoms with Gasteiger partial charge < -0.3 is 19.9 Å². The Hall–Kier alpha value is -1.30. The second-order valence-corrected chi connectivity index (χ2v) is 3.67. The lowest BCUT2D eigenvalue weighted by molar-refractivity contribution is -0.121. The Kier molecular flexibility index (Phi) is 5.76. The summed E-state index contributed by atoms with van der Waals surface area (Å²) in [4.78, 5) is 11.4. The number of carbonyl (C=O) groups excluding carboxylic acids is 1. The second-order valence-electron chi connectivity index (χ2n) is 3.26. The third kappa shape index (κ3) is 5.04. The molecule has 0 heterocycles. The van der Waals surface area contributed by atoms with Crippen molar-refractivity contribution < 1.29 is 19.4 Å². The Labute approximate surface area is 104 Å². The molecule has 1 amide bonds. The molecule has 0 bridgehead atoms. The summed E-state index contributed by atoms with van der Waals surface area (Å²) in [5.41, 5.74) is 0.465. The molecule has 17 heavy (non-hydrogen) atoms. The molecule has 1 aromatic rings. The van der Waals surface area contributed by atoms with Gasteiger partial charge in [-0.2, -0.15) is 0 Å². The van der Waals surface area contributed by atoms with Crippen LogP contribution in [0.25, 0.3) is 0 Å². The summed E-state index contributed by atoms with van der Waals surface area (Å²) >= 11 is 5.63. The molecule has 0 saturated heterocycles. The predicted molar refractivity (Wildman–Crippen MR) is 64.4 cm³/mol. The van der Waals surface area contributed by atoms with Gasteiger partial charge in [0.15, 0.2) is 0 Å². The molecule has 1 rings (SSSR count). The van der Waals surface area contributed by atoms with Gasteiger partial charge in [0.2, 0.25) is 5.91 Å². The maximum atomic E-state index is 11.4. The fraction of sp³-hybridized carbons (Fsp3) is 0.364. The van der Waals surface area contributed by atoms with Gasteiger partial charge in [-0.3, -0.25) is 4.79 Å². The van der Waals surface area contributed by atoms with E-state index >= 15 is 0 Å². The number of benzene rings is 1. The molecule has 0 aliphatic rings. The smallest absolute Gasteiger partial charge is 0.250 e. The van der Waals surface area contributed by atoms with E-state index in [0.717, 1.165) is 0 Å². The van der Waals surface area contributed by atoms with Crippen molar-refractivity contribution in [2.45, 2.75) is 0 Å². The highest BCUT2D eigenvalue weighted by atomic mass is 35.5. The molecule has 6 heteroatoms. The molecular weight excluding hydrogens is 246 g/mol. The summed E-state index contributed by atoms with van der Waals surface area (Å²) in [7, 11) is 1.56. The van der Waals surface area contributed by atoms with E-state index in [1.54, 1.807) is 13.2 Å². The van der Waals surface area contributed by atoms with E-state index in [1.165, 1.54) is 12.1 Å². The lowest BCUT2D eigenvalue weighted by atomic mass is 10.3. The van der Waals surface area contributed by atoms with Crippen LogP contribution in [0.2, 0.25) is 5.02 Å². The summed E-state index contributed by atoms with van der Waals surface area (Å²) in [6.45, 7) is 0.734. The van der Waals surface area contributed by atoms with Gasteiger partial charge in [-0.05, 0) is 12.1 Å². The molecule has 0 atom stereocenters. The van der Waals surface area contributed by atoms with Gasteiger partial charge in [0, 0.05) is 18.9 Å². The van der Waals surface area contributed by atoms with Gasteiger partial charge in [0.25, 0.3) is 0 Å². The van der Waals surface area contributed by atoms with Crippen LogP contribution in [0.4, 0.5) is 5.69 Å². The van der Waals surface area contributed by atoms with Crippen molar-refractivity contribution in [2.24, 2.45) is 0 Å². The van der Waals surface area contributed by atoms with Gasteiger partial charge in [-0.1, -0.05) is 11.6 Å². The van der Waals surface area contributed by atoms with Crippen LogP contribution in [-0.2, 0) is 14.3 Å². The molecule has 0 spiro atoms. The molecule has 1 aromatic carbocycles. The van der Waals surface area contributed by atoms with Crippen molar-refractivity contribution in [2.75, 3.05) is 32.2 Å². The maximum Gasteiger partial charge on any atom is 0.250 e. The average Bonchev–Trinajstić information content (AvgIpc) is 2.30. The molecule has 5 nitrogen and oxygen atoms in total. The van der Waals surface area contributed by atoms with Crippen LogP contribution in [0.15, 0.2) is 18.2 Å². The number of carbonyl (C=O) groups is 1. The summed E-state index contributed by atoms with van der Waals surface area (Å²) in [5.74, 6) is -0.382. The van der Waals surface area contributed by atoms with Crippen LogP contribution in [0, 0.1) is 0 Å². The minimum atomic E-state index is -0.303. The lowest BCUT2D eigenvalue weighted by Crippen LogP contribution is -2.19. The second kappa shape index (κ2) is 7.11. The zero-order chi connectivity index (χ0) is 12.7. The fourth-order valence-electron chi connectivity index (χ4n) is 1.09. The van der Waals surface area contributed by atoms with E-state index in [0.29, 0.717) is 18.9 Å². The van der Waals surface area contributed by atoms with E-state index in [-0.39, 0.29) is 23.3 Å². The number of halogens is 1. The van der Waals surface area contributed by atoms with E-state index in [4.69, 9.17) is 21.1 Å². The maximum absolute atomic E-state index is 11.4. The summed E-state index contributed by atoms with van der Waals surface area (Å²) in [5, 5.41) is 12.1. The Balaban J connectivity index is 2.37. The van der Waals surface area contributed by atoms with Crippen molar-refractivity contribution in [3.63, 3.8) is 0 Å². The fourth-order valence-corrected chi connectivity index (χ4v) is 1.21. The number of anilines is 1. The number of phenolic OH excluding ortho intramolecular Hbond substituents is 1. The molecule has 0 saturated carbocycles.